The van der Waals surface area contributed by atoms with Crippen LogP contribution in [0.3, 0.4) is 0 Å². The molecule has 0 aliphatic carbocycles. The summed E-state index contributed by atoms with van der Waals surface area (Å²) in [7, 11) is -3.57. The summed E-state index contributed by atoms with van der Waals surface area (Å²) in [6, 6.07) is 13.1. The summed E-state index contributed by atoms with van der Waals surface area (Å²) in [5, 5.41) is 1.70. The van der Waals surface area contributed by atoms with Crippen molar-refractivity contribution in [1.29, 1.82) is 0 Å². The molecule has 106 valence electrons. The maximum absolute atomic E-state index is 11.9. The van der Waals surface area contributed by atoms with Gasteiger partial charge in [-0.1, -0.05) is 36.4 Å². The first kappa shape index (κ1) is 14.5. The van der Waals surface area contributed by atoms with Crippen molar-refractivity contribution in [1.82, 2.24) is 4.72 Å². The molecule has 0 fully saturated rings. The van der Waals surface area contributed by atoms with E-state index in [9.17, 15) is 8.42 Å². The molecule has 1 aromatic heterocycles. The summed E-state index contributed by atoms with van der Waals surface area (Å²) in [6.07, 6.45) is 0.766. The minimum atomic E-state index is -3.57. The van der Waals surface area contributed by atoms with Crippen molar-refractivity contribution in [3.63, 3.8) is 0 Å². The Morgan fingerprint density at radius 1 is 1.20 bits per heavy atom. The fraction of sp³-hybridized carbons (Fsp3) is 0.154. The Morgan fingerprint density at radius 3 is 2.60 bits per heavy atom. The van der Waals surface area contributed by atoms with E-state index in [1.165, 1.54) is 6.07 Å². The van der Waals surface area contributed by atoms with Crippen LogP contribution in [0.5, 0.6) is 0 Å². The predicted molar refractivity (Wildman–Crippen MR) is 79.8 cm³/mol. The van der Waals surface area contributed by atoms with E-state index in [1.54, 1.807) is 11.4 Å². The van der Waals surface area contributed by atoms with Gasteiger partial charge in [0.1, 0.15) is 0 Å². The van der Waals surface area contributed by atoms with Gasteiger partial charge in [0.2, 0.25) is 0 Å². The molecule has 4 N–H and O–H groups in total. The number of hydrogen-bond acceptors (Lipinski definition) is 3. The monoisotopic (exact) mass is 310 g/mol. The van der Waals surface area contributed by atoms with E-state index >= 15 is 0 Å². The first-order valence-corrected chi connectivity index (χ1v) is 8.41. The summed E-state index contributed by atoms with van der Waals surface area (Å²) in [6.45, 7) is 0.558. The zero-order valence-corrected chi connectivity index (χ0v) is 12.4. The largest absolute Gasteiger partial charge is 0.356 e. The molecule has 20 heavy (non-hydrogen) atoms. The number of hydrogen-bond donors (Lipinski definition) is 3. The first-order valence-electron chi connectivity index (χ1n) is 6.04. The fourth-order valence-electron chi connectivity index (χ4n) is 1.63. The molecule has 5 nitrogen and oxygen atoms in total. The summed E-state index contributed by atoms with van der Waals surface area (Å²) in [4.78, 5) is 2.86. The van der Waals surface area contributed by atoms with Gasteiger partial charge in [0, 0.05) is 6.42 Å². The van der Waals surface area contributed by atoms with Crippen molar-refractivity contribution in [3.8, 4) is 0 Å². The second-order valence-corrected chi connectivity index (χ2v) is 6.97. The van der Waals surface area contributed by atoms with Crippen molar-refractivity contribution in [2.45, 2.75) is 10.6 Å². The number of thiophene rings is 1. The lowest BCUT2D eigenvalue weighted by atomic mass is 10.2. The third-order valence-corrected chi connectivity index (χ3v) is 5.34. The van der Waals surface area contributed by atoms with Crippen LogP contribution < -0.4 is 15.4 Å². The van der Waals surface area contributed by atoms with Gasteiger partial charge in [-0.05, 0) is 17.0 Å². The predicted octanol–water partition coefficient (Wildman–Crippen LogP) is -0.336. The number of benzene rings is 1. The van der Waals surface area contributed by atoms with E-state index in [2.05, 4.69) is 9.71 Å². The molecule has 0 atom stereocenters. The second kappa shape index (κ2) is 6.53. The smallest absolute Gasteiger partial charge is 0.290 e. The third kappa shape index (κ3) is 4.07. The van der Waals surface area contributed by atoms with E-state index in [1.807, 2.05) is 30.3 Å². The molecule has 0 aliphatic heterocycles. The Labute approximate surface area is 122 Å². The minimum Gasteiger partial charge on any atom is -0.290 e. The summed E-state index contributed by atoms with van der Waals surface area (Å²) < 4.78 is 26.3. The van der Waals surface area contributed by atoms with Crippen molar-refractivity contribution < 1.29 is 13.4 Å². The van der Waals surface area contributed by atoms with Crippen LogP contribution in [0.25, 0.3) is 0 Å². The highest BCUT2D eigenvalue weighted by Gasteiger charge is 2.20. The van der Waals surface area contributed by atoms with Crippen LogP contribution in [0.1, 0.15) is 5.56 Å². The Morgan fingerprint density at radius 2 is 1.95 bits per heavy atom. The quantitative estimate of drug-likeness (QED) is 0.522. The molecule has 0 saturated carbocycles. The number of guanidine groups is 1. The molecule has 1 aromatic carbocycles. The van der Waals surface area contributed by atoms with Crippen LogP contribution in [0.15, 0.2) is 52.1 Å². The molecule has 7 heteroatoms. The number of sulfonamides is 1. The average molecular weight is 310 g/mol. The van der Waals surface area contributed by atoms with Crippen molar-refractivity contribution in [2.24, 2.45) is 5.73 Å². The van der Waals surface area contributed by atoms with Gasteiger partial charge in [-0.15, -0.1) is 11.3 Å². The summed E-state index contributed by atoms with van der Waals surface area (Å²) >= 11 is 1.15. The van der Waals surface area contributed by atoms with Gasteiger partial charge in [0.25, 0.3) is 0 Å². The number of nitrogens with two attached hydrogens (primary N) is 1. The van der Waals surface area contributed by atoms with Crippen LogP contribution >= 0.6 is 11.3 Å². The van der Waals surface area contributed by atoms with E-state index in [-0.39, 0.29) is 10.2 Å². The van der Waals surface area contributed by atoms with Crippen LogP contribution in [0, 0.1) is 0 Å². The molecule has 0 aliphatic rings. The molecule has 0 bridgehead atoms. The molecule has 2 rings (SSSR count). The Bertz CT molecular complexity index is 665. The van der Waals surface area contributed by atoms with Gasteiger partial charge in [-0.25, -0.2) is 0 Å². The van der Waals surface area contributed by atoms with E-state index in [4.69, 9.17) is 5.73 Å². The molecular formula is C13H16N3O2S2+. The van der Waals surface area contributed by atoms with Gasteiger partial charge in [0.15, 0.2) is 4.21 Å². The van der Waals surface area contributed by atoms with Crippen LogP contribution in [-0.2, 0) is 16.4 Å². The van der Waals surface area contributed by atoms with Crippen molar-refractivity contribution >= 4 is 27.3 Å². The van der Waals surface area contributed by atoms with Gasteiger partial charge in [-0.2, -0.15) is 13.1 Å². The van der Waals surface area contributed by atoms with E-state index < -0.39 is 10.0 Å². The number of rotatable bonds is 5. The zero-order valence-electron chi connectivity index (χ0n) is 10.7. The SMILES string of the molecule is NC(NS(=O)(=O)c1cccs1)=[NH+]CCc1ccccc1. The molecule has 0 radical (unpaired) electrons. The first-order chi connectivity index (χ1) is 9.58. The van der Waals surface area contributed by atoms with Gasteiger partial charge < -0.3 is 0 Å². The standard InChI is InChI=1S/C13H15N3O2S2/c14-13(15-9-8-11-5-2-1-3-6-11)16-20(17,18)12-7-4-10-19-12/h1-7,10H,8-9H2,(H3,14,15,16)/p+1. The summed E-state index contributed by atoms with van der Waals surface area (Å²) in [5.41, 5.74) is 6.81. The molecular weight excluding hydrogens is 294 g/mol. The fourth-order valence-corrected chi connectivity index (χ4v) is 3.60. The molecule has 0 spiro atoms. The average Bonchev–Trinajstić information content (AvgIpc) is 2.94. The highest BCUT2D eigenvalue weighted by Crippen LogP contribution is 2.14. The van der Waals surface area contributed by atoms with Crippen molar-refractivity contribution in [2.75, 3.05) is 6.54 Å². The molecule has 0 amide bonds. The molecule has 1 heterocycles. The molecule has 2 aromatic rings. The lowest BCUT2D eigenvalue weighted by molar-refractivity contribution is -0.459. The lowest BCUT2D eigenvalue weighted by Crippen LogP contribution is -2.79. The van der Waals surface area contributed by atoms with Crippen LogP contribution in [0.4, 0.5) is 0 Å². The Hall–Kier alpha value is -1.86. The maximum Gasteiger partial charge on any atom is 0.356 e. The molecule has 0 unspecified atom stereocenters. The van der Waals surface area contributed by atoms with Crippen molar-refractivity contribution in [3.05, 3.63) is 53.4 Å². The highest BCUT2D eigenvalue weighted by atomic mass is 32.2. The van der Waals surface area contributed by atoms with Crippen LogP contribution in [-0.4, -0.2) is 20.9 Å². The van der Waals surface area contributed by atoms with E-state index in [0.29, 0.717) is 6.54 Å². The topological polar surface area (TPSA) is 86.2 Å². The van der Waals surface area contributed by atoms with E-state index in [0.717, 1.165) is 23.3 Å². The normalized spacial score (nSPS) is 12.3. The number of nitrogens with one attached hydrogen (secondary N) is 2. The van der Waals surface area contributed by atoms with Gasteiger partial charge in [-0.3, -0.25) is 10.7 Å². The summed E-state index contributed by atoms with van der Waals surface area (Å²) in [5.74, 6) is 0.0364. The van der Waals surface area contributed by atoms with Gasteiger partial charge in [0.05, 0.1) is 6.54 Å². The molecule has 0 saturated heterocycles. The third-order valence-electron chi connectivity index (χ3n) is 2.58. The second-order valence-electron chi connectivity index (χ2n) is 4.11. The zero-order chi connectivity index (χ0) is 14.4. The Kier molecular flexibility index (Phi) is 4.75. The highest BCUT2D eigenvalue weighted by molar-refractivity contribution is 7.92. The lowest BCUT2D eigenvalue weighted by Gasteiger charge is -2.00. The Balaban J connectivity index is 1.92. The minimum absolute atomic E-state index is 0.0364. The maximum atomic E-state index is 11.9. The van der Waals surface area contributed by atoms with Gasteiger partial charge >= 0.3 is 16.0 Å². The van der Waals surface area contributed by atoms with Crippen LogP contribution in [0.2, 0.25) is 0 Å².